The van der Waals surface area contributed by atoms with E-state index < -0.39 is 0 Å². The molecule has 0 spiro atoms. The van der Waals surface area contributed by atoms with Gasteiger partial charge in [-0.2, -0.15) is 0 Å². The Morgan fingerprint density at radius 1 is 1.00 bits per heavy atom. The van der Waals surface area contributed by atoms with E-state index in [1.807, 2.05) is 17.9 Å². The molecular weight excluding hydrogens is 347 g/mol. The second-order valence-electron chi connectivity index (χ2n) is 6.29. The number of nitrogens with one attached hydrogen (secondary N) is 2. The van der Waals surface area contributed by atoms with E-state index >= 15 is 0 Å². The Morgan fingerprint density at radius 2 is 1.67 bits per heavy atom. The van der Waals surface area contributed by atoms with Crippen LogP contribution in [0.2, 0.25) is 0 Å². The highest BCUT2D eigenvalue weighted by Gasteiger charge is 2.22. The summed E-state index contributed by atoms with van der Waals surface area (Å²) >= 11 is 0. The van der Waals surface area contributed by atoms with Crippen molar-refractivity contribution in [2.75, 3.05) is 42.9 Å². The van der Waals surface area contributed by atoms with Crippen LogP contribution in [0.1, 0.15) is 17.3 Å². The van der Waals surface area contributed by atoms with Gasteiger partial charge >= 0.3 is 6.03 Å². The number of amides is 3. The topological polar surface area (TPSA) is 64.7 Å². The molecule has 1 heterocycles. The average Bonchev–Trinajstić information content (AvgIpc) is 2.69. The molecule has 3 rings (SSSR count). The van der Waals surface area contributed by atoms with Gasteiger partial charge in [-0.25, -0.2) is 9.18 Å². The first kappa shape index (κ1) is 18.7. The molecule has 1 saturated heterocycles. The van der Waals surface area contributed by atoms with E-state index in [9.17, 15) is 14.0 Å². The van der Waals surface area contributed by atoms with Gasteiger partial charge in [0.25, 0.3) is 5.91 Å². The third kappa shape index (κ3) is 4.55. The summed E-state index contributed by atoms with van der Waals surface area (Å²) in [5.74, 6) is -0.387. The lowest BCUT2D eigenvalue weighted by molar-refractivity contribution is 0.0956. The Kier molecular flexibility index (Phi) is 5.90. The summed E-state index contributed by atoms with van der Waals surface area (Å²) in [6.07, 6.45) is 0. The predicted octanol–water partition coefficient (Wildman–Crippen LogP) is 2.93. The van der Waals surface area contributed by atoms with E-state index in [1.165, 1.54) is 6.07 Å². The zero-order valence-corrected chi connectivity index (χ0v) is 15.2. The minimum atomic E-state index is -0.248. The fourth-order valence-electron chi connectivity index (χ4n) is 3.03. The third-order valence-corrected chi connectivity index (χ3v) is 4.50. The number of carbonyl (C=O) groups excluding carboxylic acids is 2. The molecule has 7 heteroatoms. The zero-order chi connectivity index (χ0) is 19.2. The number of urea groups is 1. The number of hydrogen-bond acceptors (Lipinski definition) is 3. The standard InChI is InChI=1S/C20H23FN4O2/c1-2-22-19(26)15-7-9-16(10-8-15)23-20(27)25-13-11-24(12-14-25)18-6-4-3-5-17(18)21/h3-10H,2,11-14H2,1H3,(H,22,26)(H,23,27). The van der Waals surface area contributed by atoms with Crippen molar-refractivity contribution in [2.45, 2.75) is 6.92 Å². The molecule has 0 saturated carbocycles. The van der Waals surface area contributed by atoms with Crippen LogP contribution in [0.3, 0.4) is 0 Å². The second-order valence-corrected chi connectivity index (χ2v) is 6.29. The fraction of sp³-hybridized carbons (Fsp3) is 0.300. The minimum Gasteiger partial charge on any atom is -0.366 e. The van der Waals surface area contributed by atoms with Gasteiger partial charge in [0, 0.05) is 44.0 Å². The van der Waals surface area contributed by atoms with E-state index in [0.29, 0.717) is 49.7 Å². The number of para-hydroxylation sites is 1. The van der Waals surface area contributed by atoms with Crippen LogP contribution in [0.25, 0.3) is 0 Å². The van der Waals surface area contributed by atoms with E-state index in [2.05, 4.69) is 10.6 Å². The number of anilines is 2. The number of hydrogen-bond donors (Lipinski definition) is 2. The molecule has 1 fully saturated rings. The molecular formula is C20H23FN4O2. The van der Waals surface area contributed by atoms with Gasteiger partial charge in [0.15, 0.2) is 0 Å². The van der Waals surface area contributed by atoms with E-state index in [-0.39, 0.29) is 17.8 Å². The molecule has 142 valence electrons. The van der Waals surface area contributed by atoms with Crippen molar-refractivity contribution in [3.8, 4) is 0 Å². The van der Waals surface area contributed by atoms with Crippen LogP contribution in [0.5, 0.6) is 0 Å². The average molecular weight is 370 g/mol. The molecule has 0 aromatic heterocycles. The number of nitrogens with zero attached hydrogens (tertiary/aromatic N) is 2. The first-order valence-corrected chi connectivity index (χ1v) is 9.02. The third-order valence-electron chi connectivity index (χ3n) is 4.50. The highest BCUT2D eigenvalue weighted by Crippen LogP contribution is 2.20. The fourth-order valence-corrected chi connectivity index (χ4v) is 3.03. The molecule has 1 aliphatic rings. The molecule has 0 aliphatic carbocycles. The lowest BCUT2D eigenvalue weighted by Crippen LogP contribution is -2.50. The van der Waals surface area contributed by atoms with E-state index in [1.54, 1.807) is 41.3 Å². The summed E-state index contributed by atoms with van der Waals surface area (Å²) in [4.78, 5) is 27.8. The minimum absolute atomic E-state index is 0.139. The highest BCUT2D eigenvalue weighted by molar-refractivity contribution is 5.95. The maximum Gasteiger partial charge on any atom is 0.321 e. The molecule has 0 bridgehead atoms. The number of benzene rings is 2. The Hall–Kier alpha value is -3.09. The molecule has 0 atom stereocenters. The van der Waals surface area contributed by atoms with Gasteiger partial charge in [0.05, 0.1) is 5.69 Å². The first-order chi connectivity index (χ1) is 13.1. The number of halogens is 1. The maximum absolute atomic E-state index is 13.9. The van der Waals surface area contributed by atoms with Crippen molar-refractivity contribution in [1.82, 2.24) is 10.2 Å². The lowest BCUT2D eigenvalue weighted by atomic mass is 10.2. The Bertz CT molecular complexity index is 802. The zero-order valence-electron chi connectivity index (χ0n) is 15.2. The largest absolute Gasteiger partial charge is 0.366 e. The van der Waals surface area contributed by atoms with Gasteiger partial charge < -0.3 is 20.4 Å². The predicted molar refractivity (Wildman–Crippen MR) is 104 cm³/mol. The van der Waals surface area contributed by atoms with Crippen LogP contribution in [-0.4, -0.2) is 49.6 Å². The van der Waals surface area contributed by atoms with E-state index in [4.69, 9.17) is 0 Å². The van der Waals surface area contributed by atoms with Crippen molar-refractivity contribution >= 4 is 23.3 Å². The SMILES string of the molecule is CCNC(=O)c1ccc(NC(=O)N2CCN(c3ccccc3F)CC2)cc1. The van der Waals surface area contributed by atoms with Crippen LogP contribution in [0, 0.1) is 5.82 Å². The van der Waals surface area contributed by atoms with Crippen LogP contribution in [0.15, 0.2) is 48.5 Å². The molecule has 2 N–H and O–H groups in total. The van der Waals surface area contributed by atoms with Crippen molar-refractivity contribution in [2.24, 2.45) is 0 Å². The number of rotatable bonds is 4. The van der Waals surface area contributed by atoms with Crippen LogP contribution in [-0.2, 0) is 0 Å². The number of carbonyl (C=O) groups is 2. The quantitative estimate of drug-likeness (QED) is 0.870. The monoisotopic (exact) mass is 370 g/mol. The highest BCUT2D eigenvalue weighted by atomic mass is 19.1. The summed E-state index contributed by atoms with van der Waals surface area (Å²) in [5, 5.41) is 5.57. The van der Waals surface area contributed by atoms with Crippen molar-refractivity contribution in [3.63, 3.8) is 0 Å². The lowest BCUT2D eigenvalue weighted by Gasteiger charge is -2.36. The Morgan fingerprint density at radius 3 is 2.30 bits per heavy atom. The van der Waals surface area contributed by atoms with Crippen molar-refractivity contribution < 1.29 is 14.0 Å². The molecule has 27 heavy (non-hydrogen) atoms. The molecule has 2 aromatic carbocycles. The molecule has 2 aromatic rings. The van der Waals surface area contributed by atoms with Crippen molar-refractivity contribution in [3.05, 3.63) is 59.9 Å². The molecule has 0 radical (unpaired) electrons. The van der Waals surface area contributed by atoms with E-state index in [0.717, 1.165) is 0 Å². The summed E-state index contributed by atoms with van der Waals surface area (Å²) in [5.41, 5.74) is 1.75. The summed E-state index contributed by atoms with van der Waals surface area (Å²) < 4.78 is 13.9. The first-order valence-electron chi connectivity index (χ1n) is 9.02. The van der Waals surface area contributed by atoms with Gasteiger partial charge in [-0.15, -0.1) is 0 Å². The van der Waals surface area contributed by atoms with Gasteiger partial charge in [-0.05, 0) is 43.3 Å². The van der Waals surface area contributed by atoms with Gasteiger partial charge in [-0.1, -0.05) is 12.1 Å². The Labute approximate surface area is 158 Å². The molecule has 1 aliphatic heterocycles. The number of piperazine rings is 1. The van der Waals surface area contributed by atoms with Crippen LogP contribution in [0.4, 0.5) is 20.6 Å². The van der Waals surface area contributed by atoms with Gasteiger partial charge in [0.2, 0.25) is 0 Å². The van der Waals surface area contributed by atoms with Crippen LogP contribution < -0.4 is 15.5 Å². The molecule has 6 nitrogen and oxygen atoms in total. The summed E-state index contributed by atoms with van der Waals surface area (Å²) in [6.45, 7) is 4.60. The normalized spacial score (nSPS) is 14.0. The second kappa shape index (κ2) is 8.53. The van der Waals surface area contributed by atoms with Gasteiger partial charge in [-0.3, -0.25) is 4.79 Å². The summed E-state index contributed by atoms with van der Waals surface area (Å²) in [7, 11) is 0. The van der Waals surface area contributed by atoms with Crippen molar-refractivity contribution in [1.29, 1.82) is 0 Å². The maximum atomic E-state index is 13.9. The molecule has 0 unspecified atom stereocenters. The summed E-state index contributed by atoms with van der Waals surface area (Å²) in [6, 6.07) is 13.2. The smallest absolute Gasteiger partial charge is 0.321 e. The van der Waals surface area contributed by atoms with Gasteiger partial charge in [0.1, 0.15) is 5.82 Å². The Balaban J connectivity index is 1.54. The molecule has 3 amide bonds. The van der Waals surface area contributed by atoms with Crippen LogP contribution >= 0.6 is 0 Å².